The predicted molar refractivity (Wildman–Crippen MR) is 94.4 cm³/mol. The zero-order valence-corrected chi connectivity index (χ0v) is 14.2. The molecule has 0 spiro atoms. The summed E-state index contributed by atoms with van der Waals surface area (Å²) in [5.74, 6) is -0.0775. The van der Waals surface area contributed by atoms with Gasteiger partial charge in [0.15, 0.2) is 0 Å². The van der Waals surface area contributed by atoms with Gasteiger partial charge in [-0.2, -0.15) is 0 Å². The first kappa shape index (κ1) is 17.1. The predicted octanol–water partition coefficient (Wildman–Crippen LogP) is 2.57. The van der Waals surface area contributed by atoms with Crippen molar-refractivity contribution in [1.82, 2.24) is 9.97 Å². The van der Waals surface area contributed by atoms with Crippen LogP contribution in [0.3, 0.4) is 0 Å². The monoisotopic (exact) mass is 358 g/mol. The van der Waals surface area contributed by atoms with Gasteiger partial charge < -0.3 is 5.32 Å². The fraction of sp³-hybridized carbons (Fsp3) is 0.235. The van der Waals surface area contributed by atoms with Gasteiger partial charge in [0.1, 0.15) is 0 Å². The van der Waals surface area contributed by atoms with E-state index >= 15 is 0 Å². The largest absolute Gasteiger partial charge is 0.326 e. The fourth-order valence-corrected chi connectivity index (χ4v) is 3.48. The lowest BCUT2D eigenvalue weighted by molar-refractivity contribution is -0.120. The highest BCUT2D eigenvalue weighted by Crippen LogP contribution is 2.21. The summed E-state index contributed by atoms with van der Waals surface area (Å²) in [5.41, 5.74) is 0.564. The smallest absolute Gasteiger partial charge is 0.264 e. The van der Waals surface area contributed by atoms with E-state index in [0.29, 0.717) is 5.69 Å². The Morgan fingerprint density at radius 1 is 1.08 bits per heavy atom. The molecule has 2 aromatic rings. The first-order valence-corrected chi connectivity index (χ1v) is 9.39. The molecular formula is C17H18N4O3S. The Hall–Kier alpha value is -2.74. The molecule has 0 aliphatic heterocycles. The summed E-state index contributed by atoms with van der Waals surface area (Å²) >= 11 is 0. The second kappa shape index (κ2) is 7.43. The normalized spacial score (nSPS) is 17.0. The molecule has 0 saturated carbocycles. The summed E-state index contributed by atoms with van der Waals surface area (Å²) in [4.78, 5) is 19.9. The van der Waals surface area contributed by atoms with Crippen LogP contribution in [-0.2, 0) is 14.8 Å². The molecule has 1 aromatic heterocycles. The first-order chi connectivity index (χ1) is 12.0. The van der Waals surface area contributed by atoms with Gasteiger partial charge in [-0.25, -0.2) is 23.1 Å². The van der Waals surface area contributed by atoms with Crippen LogP contribution in [0, 0.1) is 5.92 Å². The lowest BCUT2D eigenvalue weighted by Gasteiger charge is -2.17. The van der Waals surface area contributed by atoms with Crippen LogP contribution in [0.25, 0.3) is 0 Å². The number of anilines is 2. The number of allylic oxidation sites excluding steroid dienone is 2. The minimum atomic E-state index is -3.78. The molecule has 7 nitrogen and oxygen atoms in total. The Morgan fingerprint density at radius 2 is 1.80 bits per heavy atom. The summed E-state index contributed by atoms with van der Waals surface area (Å²) in [6.07, 6.45) is 9.46. The maximum absolute atomic E-state index is 12.3. The van der Waals surface area contributed by atoms with Gasteiger partial charge in [-0.3, -0.25) is 4.79 Å². The number of aromatic nitrogens is 2. The van der Waals surface area contributed by atoms with Crippen molar-refractivity contribution in [1.29, 1.82) is 0 Å². The zero-order chi connectivity index (χ0) is 17.7. The van der Waals surface area contributed by atoms with E-state index < -0.39 is 10.0 Å². The van der Waals surface area contributed by atoms with Gasteiger partial charge in [0, 0.05) is 24.0 Å². The van der Waals surface area contributed by atoms with Crippen LogP contribution in [0.2, 0.25) is 0 Å². The molecule has 2 N–H and O–H groups in total. The molecule has 25 heavy (non-hydrogen) atoms. The Balaban J connectivity index is 1.67. The van der Waals surface area contributed by atoms with Crippen molar-refractivity contribution in [2.75, 3.05) is 10.0 Å². The maximum atomic E-state index is 12.3. The Morgan fingerprint density at radius 3 is 2.44 bits per heavy atom. The van der Waals surface area contributed by atoms with Crippen molar-refractivity contribution >= 4 is 27.6 Å². The topological polar surface area (TPSA) is 101 Å². The van der Waals surface area contributed by atoms with Crippen molar-refractivity contribution < 1.29 is 13.2 Å². The quantitative estimate of drug-likeness (QED) is 0.800. The molecule has 1 aliphatic carbocycles. The summed E-state index contributed by atoms with van der Waals surface area (Å²) in [5, 5.41) is 2.83. The molecule has 8 heteroatoms. The summed E-state index contributed by atoms with van der Waals surface area (Å²) < 4.78 is 26.9. The molecule has 130 valence electrons. The lowest BCUT2D eigenvalue weighted by atomic mass is 9.93. The Kier molecular flexibility index (Phi) is 5.08. The number of nitrogens with one attached hydrogen (secondary N) is 2. The fourth-order valence-electron chi connectivity index (χ4n) is 2.52. The summed E-state index contributed by atoms with van der Waals surface area (Å²) in [6.45, 7) is 0. The van der Waals surface area contributed by atoms with E-state index in [4.69, 9.17) is 0 Å². The van der Waals surface area contributed by atoms with Crippen molar-refractivity contribution in [2.24, 2.45) is 5.92 Å². The Bertz CT molecular complexity index is 865. The van der Waals surface area contributed by atoms with Crippen LogP contribution in [0.15, 0.2) is 59.8 Å². The molecule has 0 radical (unpaired) electrons. The highest BCUT2D eigenvalue weighted by molar-refractivity contribution is 7.92. The van der Waals surface area contributed by atoms with Gasteiger partial charge in [-0.15, -0.1) is 0 Å². The molecule has 0 bridgehead atoms. The van der Waals surface area contributed by atoms with Gasteiger partial charge in [-0.05, 0) is 49.6 Å². The number of carbonyl (C=O) groups is 1. The van der Waals surface area contributed by atoms with Crippen LogP contribution in [0.5, 0.6) is 0 Å². The average molecular weight is 358 g/mol. The van der Waals surface area contributed by atoms with Gasteiger partial charge in [0.25, 0.3) is 10.0 Å². The number of carbonyl (C=O) groups excluding carboxylic acids is 1. The third kappa shape index (κ3) is 4.42. The van der Waals surface area contributed by atoms with E-state index in [1.807, 2.05) is 6.08 Å². The second-order valence-corrected chi connectivity index (χ2v) is 7.36. The van der Waals surface area contributed by atoms with Crippen molar-refractivity contribution in [2.45, 2.75) is 24.2 Å². The van der Waals surface area contributed by atoms with E-state index in [9.17, 15) is 13.2 Å². The third-order valence-electron chi connectivity index (χ3n) is 3.86. The molecular weight excluding hydrogens is 340 g/mol. The van der Waals surface area contributed by atoms with Crippen LogP contribution >= 0.6 is 0 Å². The standard InChI is InChI=1S/C17H18N4O3S/c22-16(13-5-2-1-3-6-13)20-14-7-9-15(10-8-14)25(23,24)21-17-18-11-4-12-19-17/h1-2,4,7-13H,3,5-6H2,(H,20,22)(H,18,19,21)/t13-/m1/s1. The van der Waals surface area contributed by atoms with E-state index in [2.05, 4.69) is 26.1 Å². The number of rotatable bonds is 5. The number of hydrogen-bond donors (Lipinski definition) is 2. The van der Waals surface area contributed by atoms with Crippen molar-refractivity contribution in [3.8, 4) is 0 Å². The van der Waals surface area contributed by atoms with Crippen LogP contribution < -0.4 is 10.0 Å². The van der Waals surface area contributed by atoms with Gasteiger partial charge >= 0.3 is 0 Å². The molecule has 1 amide bonds. The Labute approximate surface area is 146 Å². The minimum absolute atomic E-state index is 0.00484. The molecule has 0 saturated heterocycles. The number of benzene rings is 1. The number of sulfonamides is 1. The molecule has 1 aromatic carbocycles. The van der Waals surface area contributed by atoms with Gasteiger partial charge in [-0.1, -0.05) is 12.2 Å². The number of nitrogens with zero attached hydrogens (tertiary/aromatic N) is 2. The SMILES string of the molecule is O=C(Nc1ccc(S(=O)(=O)Nc2ncccn2)cc1)[C@@H]1CC=CCC1. The van der Waals surface area contributed by atoms with Crippen LogP contribution in [-0.4, -0.2) is 24.3 Å². The second-order valence-electron chi connectivity index (χ2n) is 5.67. The van der Waals surface area contributed by atoms with Crippen LogP contribution in [0.1, 0.15) is 19.3 Å². The molecule has 3 rings (SSSR count). The van der Waals surface area contributed by atoms with Gasteiger partial charge in [0.05, 0.1) is 4.90 Å². The van der Waals surface area contributed by atoms with E-state index in [1.165, 1.54) is 24.5 Å². The van der Waals surface area contributed by atoms with Crippen LogP contribution in [0.4, 0.5) is 11.6 Å². The molecule has 1 atom stereocenters. The molecule has 1 aliphatic rings. The van der Waals surface area contributed by atoms with E-state index in [0.717, 1.165) is 19.3 Å². The lowest BCUT2D eigenvalue weighted by Crippen LogP contribution is -2.23. The summed E-state index contributed by atoms with van der Waals surface area (Å²) in [6, 6.07) is 7.59. The van der Waals surface area contributed by atoms with Gasteiger partial charge in [0.2, 0.25) is 11.9 Å². The summed E-state index contributed by atoms with van der Waals surface area (Å²) in [7, 11) is -3.78. The zero-order valence-electron chi connectivity index (χ0n) is 13.4. The average Bonchev–Trinajstić information content (AvgIpc) is 2.63. The molecule has 0 unspecified atom stereocenters. The van der Waals surface area contributed by atoms with Crippen molar-refractivity contribution in [3.05, 3.63) is 54.9 Å². The highest BCUT2D eigenvalue weighted by atomic mass is 32.2. The van der Waals surface area contributed by atoms with E-state index in [-0.39, 0.29) is 22.7 Å². The number of hydrogen-bond acceptors (Lipinski definition) is 5. The maximum Gasteiger partial charge on any atom is 0.264 e. The third-order valence-corrected chi connectivity index (χ3v) is 5.21. The van der Waals surface area contributed by atoms with E-state index in [1.54, 1.807) is 18.2 Å². The molecule has 0 fully saturated rings. The number of amides is 1. The molecule has 1 heterocycles. The first-order valence-electron chi connectivity index (χ1n) is 7.90. The minimum Gasteiger partial charge on any atom is -0.326 e. The van der Waals surface area contributed by atoms with Crippen molar-refractivity contribution in [3.63, 3.8) is 0 Å². The highest BCUT2D eigenvalue weighted by Gasteiger charge is 2.19.